The minimum Gasteiger partial charge on any atom is -0.356 e. The Morgan fingerprint density at radius 1 is 1.12 bits per heavy atom. The minimum atomic E-state index is -4.62. The Morgan fingerprint density at radius 2 is 1.90 bits per heavy atom. The summed E-state index contributed by atoms with van der Waals surface area (Å²) in [6, 6.07) is 5.29. The summed E-state index contributed by atoms with van der Waals surface area (Å²) >= 11 is 0. The van der Waals surface area contributed by atoms with Gasteiger partial charge in [-0.2, -0.15) is 18.3 Å². The van der Waals surface area contributed by atoms with Crippen molar-refractivity contribution in [1.82, 2.24) is 35.2 Å². The number of rotatable bonds is 10. The first-order valence-electron chi connectivity index (χ1n) is 13.7. The van der Waals surface area contributed by atoms with E-state index < -0.39 is 11.9 Å². The molecule has 1 aliphatic carbocycles. The smallest absolute Gasteiger partial charge is 0.356 e. The Balaban J connectivity index is 1.24. The number of benzene rings is 1. The third kappa shape index (κ3) is 6.18. The van der Waals surface area contributed by atoms with E-state index >= 15 is 0 Å². The van der Waals surface area contributed by atoms with Crippen LogP contribution in [0, 0.1) is 5.92 Å². The predicted octanol–water partition coefficient (Wildman–Crippen LogP) is 4.87. The number of carbonyl (C=O) groups excluding carboxylic acids is 2. The van der Waals surface area contributed by atoms with E-state index in [1.54, 1.807) is 12.1 Å². The van der Waals surface area contributed by atoms with E-state index in [1.165, 1.54) is 29.2 Å². The Kier molecular flexibility index (Phi) is 8.22. The SMILES string of the molecule is CCc1cc(Nc2nccn3c(-c4c[nH]nc4C(F)(F)F)cnc23)ccc1C(=O)NCCCNC(=O)C1CCCC1. The van der Waals surface area contributed by atoms with Crippen LogP contribution in [0.25, 0.3) is 16.9 Å². The fraction of sp³-hybridized carbons (Fsp3) is 0.393. The fourth-order valence-corrected chi connectivity index (χ4v) is 5.16. The number of H-pyrrole nitrogens is 1. The number of hydrogen-bond donors (Lipinski definition) is 4. The molecule has 0 atom stereocenters. The molecule has 0 bridgehead atoms. The van der Waals surface area contributed by atoms with Gasteiger partial charge >= 0.3 is 6.18 Å². The molecule has 1 aromatic carbocycles. The molecule has 0 aliphatic heterocycles. The monoisotopic (exact) mass is 568 g/mol. The number of amides is 2. The number of imidazole rings is 1. The van der Waals surface area contributed by atoms with Gasteiger partial charge in [-0.15, -0.1) is 0 Å². The maximum Gasteiger partial charge on any atom is 0.435 e. The number of aromatic nitrogens is 5. The van der Waals surface area contributed by atoms with Crippen molar-refractivity contribution in [2.75, 3.05) is 18.4 Å². The largest absolute Gasteiger partial charge is 0.435 e. The van der Waals surface area contributed by atoms with Crippen molar-refractivity contribution in [2.24, 2.45) is 5.92 Å². The molecule has 3 aromatic heterocycles. The first-order chi connectivity index (χ1) is 19.8. The molecular weight excluding hydrogens is 537 g/mol. The molecule has 0 saturated heterocycles. The molecule has 1 fully saturated rings. The van der Waals surface area contributed by atoms with Crippen LogP contribution in [0.5, 0.6) is 0 Å². The topological polar surface area (TPSA) is 129 Å². The van der Waals surface area contributed by atoms with Crippen molar-refractivity contribution < 1.29 is 22.8 Å². The molecule has 216 valence electrons. The zero-order valence-electron chi connectivity index (χ0n) is 22.5. The van der Waals surface area contributed by atoms with Crippen LogP contribution in [0.15, 0.2) is 43.0 Å². The zero-order chi connectivity index (χ0) is 29.0. The molecule has 1 aliphatic rings. The molecule has 0 radical (unpaired) electrons. The zero-order valence-corrected chi connectivity index (χ0v) is 22.5. The summed E-state index contributed by atoms with van der Waals surface area (Å²) in [4.78, 5) is 33.6. The highest BCUT2D eigenvalue weighted by Gasteiger charge is 2.37. The summed E-state index contributed by atoms with van der Waals surface area (Å²) in [6.45, 7) is 2.90. The van der Waals surface area contributed by atoms with Crippen LogP contribution in [-0.2, 0) is 17.4 Å². The Hall–Kier alpha value is -4.42. The van der Waals surface area contributed by atoms with Gasteiger partial charge in [-0.3, -0.25) is 19.1 Å². The number of aryl methyl sites for hydroxylation is 1. The normalized spacial score (nSPS) is 14.0. The van der Waals surface area contributed by atoms with Crippen molar-refractivity contribution in [3.8, 4) is 11.3 Å². The van der Waals surface area contributed by atoms with Gasteiger partial charge in [-0.25, -0.2) is 9.97 Å². The summed E-state index contributed by atoms with van der Waals surface area (Å²) in [5.74, 6) is 0.374. The lowest BCUT2D eigenvalue weighted by Crippen LogP contribution is -2.33. The molecule has 4 aromatic rings. The van der Waals surface area contributed by atoms with Crippen molar-refractivity contribution in [3.63, 3.8) is 0 Å². The predicted molar refractivity (Wildman–Crippen MR) is 147 cm³/mol. The Morgan fingerprint density at radius 3 is 2.66 bits per heavy atom. The van der Waals surface area contributed by atoms with Gasteiger partial charge in [0.05, 0.1) is 17.5 Å². The van der Waals surface area contributed by atoms with Gasteiger partial charge in [0.2, 0.25) is 5.91 Å². The highest BCUT2D eigenvalue weighted by molar-refractivity contribution is 5.96. The lowest BCUT2D eigenvalue weighted by molar-refractivity contribution is -0.140. The van der Waals surface area contributed by atoms with Crippen LogP contribution in [-0.4, -0.2) is 49.5 Å². The van der Waals surface area contributed by atoms with E-state index in [0.717, 1.165) is 31.2 Å². The first-order valence-corrected chi connectivity index (χ1v) is 13.7. The van der Waals surface area contributed by atoms with Gasteiger partial charge in [0.15, 0.2) is 17.2 Å². The van der Waals surface area contributed by atoms with Crippen molar-refractivity contribution in [2.45, 2.75) is 51.6 Å². The average Bonchev–Trinajstić information content (AvgIpc) is 3.73. The van der Waals surface area contributed by atoms with Crippen molar-refractivity contribution >= 4 is 29.0 Å². The van der Waals surface area contributed by atoms with E-state index in [1.807, 2.05) is 13.0 Å². The van der Waals surface area contributed by atoms with Gasteiger partial charge in [-0.1, -0.05) is 19.8 Å². The van der Waals surface area contributed by atoms with Gasteiger partial charge in [0.25, 0.3) is 5.91 Å². The number of nitrogens with zero attached hydrogens (tertiary/aromatic N) is 4. The lowest BCUT2D eigenvalue weighted by atomic mass is 10.0. The lowest BCUT2D eigenvalue weighted by Gasteiger charge is -2.13. The number of aromatic amines is 1. The summed E-state index contributed by atoms with van der Waals surface area (Å²) in [5.41, 5.74) is 1.40. The molecule has 4 N–H and O–H groups in total. The highest BCUT2D eigenvalue weighted by Crippen LogP contribution is 2.36. The quantitative estimate of drug-likeness (QED) is 0.202. The average molecular weight is 569 g/mol. The number of alkyl halides is 3. The van der Waals surface area contributed by atoms with E-state index in [2.05, 4.69) is 36.1 Å². The van der Waals surface area contributed by atoms with Gasteiger partial charge in [0, 0.05) is 48.8 Å². The summed E-state index contributed by atoms with van der Waals surface area (Å²) in [6.07, 6.45) is 6.26. The Bertz CT molecular complexity index is 1540. The molecular formula is C28H31F3N8O2. The minimum absolute atomic E-state index is 0.106. The van der Waals surface area contributed by atoms with Crippen molar-refractivity contribution in [1.29, 1.82) is 0 Å². The van der Waals surface area contributed by atoms with Gasteiger partial charge < -0.3 is 16.0 Å². The number of hydrogen-bond acceptors (Lipinski definition) is 6. The van der Waals surface area contributed by atoms with Crippen molar-refractivity contribution in [3.05, 3.63) is 59.8 Å². The standard InChI is InChI=1S/C28H31F3N8O2/c1-2-17-14-19(8-9-20(17)27(41)34-11-5-10-33-26(40)18-6-3-4-7-18)37-24-25-35-16-22(39(25)13-12-32-24)21-15-36-38-23(21)28(29,30)31/h8-9,12-16,18H,2-7,10-11H2,1H3,(H,32,37)(H,33,40)(H,34,41)(H,36,38). The molecule has 2 amide bonds. The number of halogens is 3. The number of fused-ring (bicyclic) bond motifs is 1. The van der Waals surface area contributed by atoms with Crippen LogP contribution < -0.4 is 16.0 Å². The molecule has 3 heterocycles. The van der Waals surface area contributed by atoms with E-state index in [9.17, 15) is 22.8 Å². The molecule has 0 spiro atoms. The molecule has 13 heteroatoms. The van der Waals surface area contributed by atoms with Crippen LogP contribution in [0.4, 0.5) is 24.7 Å². The number of nitrogens with one attached hydrogen (secondary N) is 4. The second-order valence-corrected chi connectivity index (χ2v) is 9.99. The van der Waals surface area contributed by atoms with Gasteiger partial charge in [0.1, 0.15) is 0 Å². The maximum atomic E-state index is 13.4. The fourth-order valence-electron chi connectivity index (χ4n) is 5.16. The molecule has 10 nitrogen and oxygen atoms in total. The maximum absolute atomic E-state index is 13.4. The molecule has 5 rings (SSSR count). The second kappa shape index (κ2) is 12.0. The van der Waals surface area contributed by atoms with Gasteiger partial charge in [-0.05, 0) is 49.4 Å². The summed E-state index contributed by atoms with van der Waals surface area (Å²) in [7, 11) is 0. The summed E-state index contributed by atoms with van der Waals surface area (Å²) in [5, 5.41) is 14.7. The number of carbonyl (C=O) groups is 2. The van der Waals surface area contributed by atoms with E-state index in [4.69, 9.17) is 0 Å². The van der Waals surface area contributed by atoms with Crippen LogP contribution in [0.2, 0.25) is 0 Å². The highest BCUT2D eigenvalue weighted by atomic mass is 19.4. The van der Waals surface area contributed by atoms with E-state index in [-0.39, 0.29) is 29.0 Å². The summed E-state index contributed by atoms with van der Waals surface area (Å²) < 4.78 is 41.7. The first kappa shape index (κ1) is 28.1. The third-order valence-corrected chi connectivity index (χ3v) is 7.27. The third-order valence-electron chi connectivity index (χ3n) is 7.27. The van der Waals surface area contributed by atoms with Crippen LogP contribution >= 0.6 is 0 Å². The van der Waals surface area contributed by atoms with Crippen LogP contribution in [0.3, 0.4) is 0 Å². The number of anilines is 2. The Labute approximate surface area is 234 Å². The van der Waals surface area contributed by atoms with Crippen LogP contribution in [0.1, 0.15) is 60.6 Å². The van der Waals surface area contributed by atoms with E-state index in [0.29, 0.717) is 48.6 Å². The molecule has 1 saturated carbocycles. The molecule has 0 unspecified atom stereocenters. The second-order valence-electron chi connectivity index (χ2n) is 9.99. The molecule has 41 heavy (non-hydrogen) atoms.